The van der Waals surface area contributed by atoms with Crippen LogP contribution in [0.4, 0.5) is 4.79 Å². The van der Waals surface area contributed by atoms with Crippen molar-refractivity contribution in [2.75, 3.05) is 26.2 Å². The number of rotatable bonds is 3. The van der Waals surface area contributed by atoms with Crippen molar-refractivity contribution in [2.24, 2.45) is 0 Å². The first-order valence-electron chi connectivity index (χ1n) is 8.02. The Kier molecular flexibility index (Phi) is 5.15. The van der Waals surface area contributed by atoms with E-state index in [-0.39, 0.29) is 18.6 Å². The number of hydrogen-bond donors (Lipinski definition) is 0. The Balaban J connectivity index is 1.51. The second-order valence-corrected chi connectivity index (χ2v) is 5.65. The van der Waals surface area contributed by atoms with E-state index in [1.165, 1.54) is 6.26 Å². The van der Waals surface area contributed by atoms with Crippen LogP contribution < -0.4 is 0 Å². The highest BCUT2D eigenvalue weighted by atomic mass is 16.6. The van der Waals surface area contributed by atoms with Gasteiger partial charge in [-0.05, 0) is 24.1 Å². The number of furan rings is 1. The molecule has 0 unspecified atom stereocenters. The number of amides is 2. The minimum absolute atomic E-state index is 0.139. The minimum Gasteiger partial charge on any atom is -0.459 e. The van der Waals surface area contributed by atoms with Crippen LogP contribution in [0.2, 0.25) is 0 Å². The van der Waals surface area contributed by atoms with Crippen LogP contribution in [0.25, 0.3) is 0 Å². The molecule has 0 atom stereocenters. The Morgan fingerprint density at radius 2 is 1.71 bits per heavy atom. The standard InChI is InChI=1S/C18H20N2O4/c21-17(16-8-4-13-23-16)19-9-5-10-20(12-11-19)18(22)24-14-15-6-2-1-3-7-15/h1-4,6-8,13H,5,9-12,14H2. The molecule has 126 valence electrons. The van der Waals surface area contributed by atoms with E-state index >= 15 is 0 Å². The van der Waals surface area contributed by atoms with E-state index in [0.717, 1.165) is 5.56 Å². The van der Waals surface area contributed by atoms with Gasteiger partial charge >= 0.3 is 6.09 Å². The number of ether oxygens (including phenoxy) is 1. The molecule has 6 heteroatoms. The maximum Gasteiger partial charge on any atom is 0.410 e. The summed E-state index contributed by atoms with van der Waals surface area (Å²) in [5.74, 6) is 0.189. The normalized spacial score (nSPS) is 15.0. The van der Waals surface area contributed by atoms with Crippen LogP contribution in [0.3, 0.4) is 0 Å². The summed E-state index contributed by atoms with van der Waals surface area (Å²) in [6, 6.07) is 12.9. The van der Waals surface area contributed by atoms with Gasteiger partial charge in [-0.2, -0.15) is 0 Å². The largest absolute Gasteiger partial charge is 0.459 e. The quantitative estimate of drug-likeness (QED) is 0.869. The van der Waals surface area contributed by atoms with Gasteiger partial charge in [0.25, 0.3) is 5.91 Å². The summed E-state index contributed by atoms with van der Waals surface area (Å²) in [6.45, 7) is 2.36. The van der Waals surface area contributed by atoms with E-state index in [2.05, 4.69) is 0 Å². The fraction of sp³-hybridized carbons (Fsp3) is 0.333. The summed E-state index contributed by atoms with van der Waals surface area (Å²) >= 11 is 0. The zero-order valence-electron chi connectivity index (χ0n) is 13.4. The molecule has 1 aromatic carbocycles. The Hall–Kier alpha value is -2.76. The van der Waals surface area contributed by atoms with Crippen LogP contribution in [0.15, 0.2) is 53.1 Å². The van der Waals surface area contributed by atoms with Crippen LogP contribution in [0, 0.1) is 0 Å². The first-order chi connectivity index (χ1) is 11.7. The number of carbonyl (C=O) groups excluding carboxylic acids is 2. The van der Waals surface area contributed by atoms with Gasteiger partial charge in [0, 0.05) is 26.2 Å². The third-order valence-electron chi connectivity index (χ3n) is 3.98. The van der Waals surface area contributed by atoms with Crippen LogP contribution in [0.5, 0.6) is 0 Å². The van der Waals surface area contributed by atoms with Crippen molar-refractivity contribution < 1.29 is 18.7 Å². The predicted octanol–water partition coefficient (Wildman–Crippen LogP) is 2.76. The molecule has 0 radical (unpaired) electrons. The van der Waals surface area contributed by atoms with E-state index in [9.17, 15) is 9.59 Å². The molecule has 24 heavy (non-hydrogen) atoms. The van der Waals surface area contributed by atoms with E-state index in [0.29, 0.717) is 38.4 Å². The smallest absolute Gasteiger partial charge is 0.410 e. The third kappa shape index (κ3) is 3.95. The second kappa shape index (κ2) is 7.68. The molecule has 2 amide bonds. The van der Waals surface area contributed by atoms with Crippen molar-refractivity contribution in [3.05, 3.63) is 60.1 Å². The molecular formula is C18H20N2O4. The van der Waals surface area contributed by atoms with E-state index < -0.39 is 0 Å². The van der Waals surface area contributed by atoms with Gasteiger partial charge in [-0.1, -0.05) is 30.3 Å². The molecule has 1 fully saturated rings. The fourth-order valence-corrected chi connectivity index (χ4v) is 2.67. The predicted molar refractivity (Wildman–Crippen MR) is 87.4 cm³/mol. The lowest BCUT2D eigenvalue weighted by molar-refractivity contribution is 0.0719. The summed E-state index contributed by atoms with van der Waals surface area (Å²) in [5, 5.41) is 0. The average molecular weight is 328 g/mol. The SMILES string of the molecule is O=C(OCc1ccccc1)N1CCCN(C(=O)c2ccco2)CC1. The third-order valence-corrected chi connectivity index (χ3v) is 3.98. The van der Waals surface area contributed by atoms with Crippen molar-refractivity contribution in [2.45, 2.75) is 13.0 Å². The summed E-state index contributed by atoms with van der Waals surface area (Å²) in [4.78, 5) is 27.9. The Morgan fingerprint density at radius 1 is 0.958 bits per heavy atom. The Morgan fingerprint density at radius 3 is 2.46 bits per heavy atom. The van der Waals surface area contributed by atoms with Crippen molar-refractivity contribution in [3.63, 3.8) is 0 Å². The van der Waals surface area contributed by atoms with Gasteiger partial charge in [-0.15, -0.1) is 0 Å². The summed E-state index contributed by atoms with van der Waals surface area (Å²) < 4.78 is 10.5. The average Bonchev–Trinajstić information content (AvgIpc) is 3.04. The molecular weight excluding hydrogens is 308 g/mol. The number of nitrogens with zero attached hydrogens (tertiary/aromatic N) is 2. The first kappa shape index (κ1) is 16.1. The maximum atomic E-state index is 12.3. The Bertz CT molecular complexity index is 670. The molecule has 0 spiro atoms. The zero-order chi connectivity index (χ0) is 16.8. The van der Waals surface area contributed by atoms with E-state index in [1.807, 2.05) is 30.3 Å². The second-order valence-electron chi connectivity index (χ2n) is 5.65. The van der Waals surface area contributed by atoms with Gasteiger partial charge in [0.1, 0.15) is 6.61 Å². The van der Waals surface area contributed by atoms with Gasteiger partial charge < -0.3 is 19.0 Å². The molecule has 0 N–H and O–H groups in total. The lowest BCUT2D eigenvalue weighted by Crippen LogP contribution is -2.37. The van der Waals surface area contributed by atoms with Crippen LogP contribution in [-0.2, 0) is 11.3 Å². The fourth-order valence-electron chi connectivity index (χ4n) is 2.67. The molecule has 3 rings (SSSR count). The van der Waals surface area contributed by atoms with Gasteiger partial charge in [-0.3, -0.25) is 4.79 Å². The highest BCUT2D eigenvalue weighted by molar-refractivity contribution is 5.91. The van der Waals surface area contributed by atoms with Gasteiger partial charge in [-0.25, -0.2) is 4.79 Å². The molecule has 0 aliphatic carbocycles. The summed E-state index contributed by atoms with van der Waals surface area (Å²) in [6.07, 6.45) is 1.86. The van der Waals surface area contributed by atoms with Gasteiger partial charge in [0.05, 0.1) is 6.26 Å². The highest BCUT2D eigenvalue weighted by Gasteiger charge is 2.24. The molecule has 1 aromatic heterocycles. The topological polar surface area (TPSA) is 63.0 Å². The molecule has 1 aliphatic heterocycles. The molecule has 1 saturated heterocycles. The Labute approximate surface area is 140 Å². The number of hydrogen-bond acceptors (Lipinski definition) is 4. The van der Waals surface area contributed by atoms with Crippen molar-refractivity contribution in [1.29, 1.82) is 0 Å². The van der Waals surface area contributed by atoms with E-state index in [1.54, 1.807) is 21.9 Å². The van der Waals surface area contributed by atoms with Crippen molar-refractivity contribution in [3.8, 4) is 0 Å². The summed E-state index contributed by atoms with van der Waals surface area (Å²) in [5.41, 5.74) is 0.954. The van der Waals surface area contributed by atoms with Crippen LogP contribution >= 0.6 is 0 Å². The number of benzene rings is 1. The number of carbonyl (C=O) groups is 2. The molecule has 0 saturated carbocycles. The van der Waals surface area contributed by atoms with Crippen molar-refractivity contribution >= 4 is 12.0 Å². The van der Waals surface area contributed by atoms with Gasteiger partial charge in [0.2, 0.25) is 0 Å². The summed E-state index contributed by atoms with van der Waals surface area (Å²) in [7, 11) is 0. The maximum absolute atomic E-state index is 12.3. The molecule has 2 heterocycles. The lowest BCUT2D eigenvalue weighted by Gasteiger charge is -2.21. The van der Waals surface area contributed by atoms with E-state index in [4.69, 9.17) is 9.15 Å². The molecule has 6 nitrogen and oxygen atoms in total. The zero-order valence-corrected chi connectivity index (χ0v) is 13.4. The monoisotopic (exact) mass is 328 g/mol. The first-order valence-corrected chi connectivity index (χ1v) is 8.02. The van der Waals surface area contributed by atoms with Gasteiger partial charge in [0.15, 0.2) is 5.76 Å². The molecule has 0 bridgehead atoms. The highest BCUT2D eigenvalue weighted by Crippen LogP contribution is 2.11. The molecule has 1 aliphatic rings. The van der Waals surface area contributed by atoms with Crippen LogP contribution in [-0.4, -0.2) is 48.0 Å². The van der Waals surface area contributed by atoms with Crippen LogP contribution in [0.1, 0.15) is 22.5 Å². The lowest BCUT2D eigenvalue weighted by atomic mass is 10.2. The van der Waals surface area contributed by atoms with Crippen molar-refractivity contribution in [1.82, 2.24) is 9.80 Å². The molecule has 2 aromatic rings. The minimum atomic E-state index is -0.342.